The highest BCUT2D eigenvalue weighted by Gasteiger charge is 2.10. The Labute approximate surface area is 172 Å². The van der Waals surface area contributed by atoms with E-state index < -0.39 is 0 Å². The van der Waals surface area contributed by atoms with Gasteiger partial charge in [0.1, 0.15) is 17.0 Å². The van der Waals surface area contributed by atoms with Gasteiger partial charge in [-0.05, 0) is 23.3 Å². The Bertz CT molecular complexity index is 1120. The SMILES string of the molecule is N#Cc1ccccc1CSCCNc1ncnc2sc(-c3ccccc3)cc12. The molecule has 0 unspecified atom stereocenters. The van der Waals surface area contributed by atoms with Gasteiger partial charge in [-0.3, -0.25) is 0 Å². The molecule has 4 rings (SSSR count). The highest BCUT2D eigenvalue weighted by Crippen LogP contribution is 2.34. The lowest BCUT2D eigenvalue weighted by molar-refractivity contribution is 1.15. The summed E-state index contributed by atoms with van der Waals surface area (Å²) >= 11 is 3.49. The number of thioether (sulfide) groups is 1. The Morgan fingerprint density at radius 1 is 1.04 bits per heavy atom. The first-order valence-electron chi connectivity index (χ1n) is 8.95. The molecule has 0 aliphatic heterocycles. The first-order valence-corrected chi connectivity index (χ1v) is 10.9. The van der Waals surface area contributed by atoms with Crippen LogP contribution in [0, 0.1) is 11.3 Å². The van der Waals surface area contributed by atoms with Crippen LogP contribution in [0.3, 0.4) is 0 Å². The van der Waals surface area contributed by atoms with Crippen LogP contribution in [0.25, 0.3) is 20.7 Å². The highest BCUT2D eigenvalue weighted by atomic mass is 32.2. The topological polar surface area (TPSA) is 61.6 Å². The maximum absolute atomic E-state index is 9.17. The fourth-order valence-electron chi connectivity index (χ4n) is 2.92. The molecule has 2 aromatic heterocycles. The van der Waals surface area contributed by atoms with Crippen LogP contribution >= 0.6 is 23.1 Å². The van der Waals surface area contributed by atoms with Crippen molar-refractivity contribution in [1.82, 2.24) is 9.97 Å². The van der Waals surface area contributed by atoms with Crippen LogP contribution in [0.5, 0.6) is 0 Å². The van der Waals surface area contributed by atoms with Gasteiger partial charge in [-0.1, -0.05) is 48.5 Å². The van der Waals surface area contributed by atoms with Crippen molar-refractivity contribution < 1.29 is 0 Å². The van der Waals surface area contributed by atoms with Gasteiger partial charge in [0.05, 0.1) is 17.0 Å². The molecule has 0 amide bonds. The predicted molar refractivity (Wildman–Crippen MR) is 119 cm³/mol. The third-order valence-corrected chi connectivity index (χ3v) is 6.42. The summed E-state index contributed by atoms with van der Waals surface area (Å²) in [5.74, 6) is 2.64. The summed E-state index contributed by atoms with van der Waals surface area (Å²) in [6, 6.07) is 22.5. The zero-order valence-corrected chi connectivity index (χ0v) is 16.8. The normalized spacial score (nSPS) is 10.7. The van der Waals surface area contributed by atoms with Gasteiger partial charge in [0.15, 0.2) is 0 Å². The smallest absolute Gasteiger partial charge is 0.138 e. The van der Waals surface area contributed by atoms with E-state index in [9.17, 15) is 0 Å². The van der Waals surface area contributed by atoms with Crippen molar-refractivity contribution in [2.24, 2.45) is 0 Å². The minimum atomic E-state index is 0.757. The van der Waals surface area contributed by atoms with Crippen molar-refractivity contribution >= 4 is 39.1 Å². The standard InChI is InChI=1S/C22H18N4S2/c23-13-17-8-4-5-9-18(17)14-27-11-10-24-21-19-12-20(16-6-2-1-3-7-16)28-22(19)26-15-25-21/h1-9,12,15H,10-11,14H2,(H,24,25,26). The van der Waals surface area contributed by atoms with E-state index in [1.165, 1.54) is 10.4 Å². The number of nitriles is 1. The van der Waals surface area contributed by atoms with Crippen molar-refractivity contribution in [3.05, 3.63) is 78.1 Å². The third-order valence-electron chi connectivity index (χ3n) is 4.32. The molecule has 2 heterocycles. The number of nitrogens with zero attached hydrogens (tertiary/aromatic N) is 3. The maximum atomic E-state index is 9.17. The summed E-state index contributed by atoms with van der Waals surface area (Å²) < 4.78 is 0. The Hall–Kier alpha value is -2.88. The lowest BCUT2D eigenvalue weighted by atomic mass is 10.1. The zero-order chi connectivity index (χ0) is 19.2. The molecule has 138 valence electrons. The minimum Gasteiger partial charge on any atom is -0.369 e. The molecule has 0 fully saturated rings. The van der Waals surface area contributed by atoms with Crippen LogP contribution in [0.15, 0.2) is 67.0 Å². The Balaban J connectivity index is 1.39. The molecule has 0 aliphatic rings. The summed E-state index contributed by atoms with van der Waals surface area (Å²) in [6.07, 6.45) is 1.62. The van der Waals surface area contributed by atoms with Gasteiger partial charge in [-0.15, -0.1) is 11.3 Å². The Kier molecular flexibility index (Phi) is 5.86. The second-order valence-electron chi connectivity index (χ2n) is 6.17. The summed E-state index contributed by atoms with van der Waals surface area (Å²) in [7, 11) is 0. The van der Waals surface area contributed by atoms with E-state index in [1.807, 2.05) is 54.2 Å². The molecular formula is C22H18N4S2. The van der Waals surface area contributed by atoms with Crippen molar-refractivity contribution in [1.29, 1.82) is 5.26 Å². The molecule has 4 aromatic rings. The van der Waals surface area contributed by atoms with E-state index >= 15 is 0 Å². The van der Waals surface area contributed by atoms with E-state index in [1.54, 1.807) is 17.7 Å². The van der Waals surface area contributed by atoms with E-state index in [0.29, 0.717) is 0 Å². The van der Waals surface area contributed by atoms with Gasteiger partial charge < -0.3 is 5.32 Å². The van der Waals surface area contributed by atoms with Crippen LogP contribution in [0.1, 0.15) is 11.1 Å². The van der Waals surface area contributed by atoms with E-state index in [4.69, 9.17) is 5.26 Å². The van der Waals surface area contributed by atoms with E-state index in [-0.39, 0.29) is 0 Å². The Morgan fingerprint density at radius 3 is 2.71 bits per heavy atom. The molecule has 0 radical (unpaired) electrons. The number of aromatic nitrogens is 2. The summed E-state index contributed by atoms with van der Waals surface area (Å²) in [5, 5.41) is 13.7. The first kappa shape index (κ1) is 18.5. The van der Waals surface area contributed by atoms with Crippen LogP contribution < -0.4 is 5.32 Å². The fourth-order valence-corrected chi connectivity index (χ4v) is 4.79. The van der Waals surface area contributed by atoms with Crippen LogP contribution in [0.2, 0.25) is 0 Å². The lowest BCUT2D eigenvalue weighted by Gasteiger charge is -2.07. The molecule has 0 saturated heterocycles. The second-order valence-corrected chi connectivity index (χ2v) is 8.30. The molecule has 0 bridgehead atoms. The Morgan fingerprint density at radius 2 is 1.86 bits per heavy atom. The lowest BCUT2D eigenvalue weighted by Crippen LogP contribution is -2.06. The first-order chi connectivity index (χ1) is 13.8. The highest BCUT2D eigenvalue weighted by molar-refractivity contribution is 7.98. The van der Waals surface area contributed by atoms with Gasteiger partial charge in [0, 0.05) is 22.9 Å². The number of hydrogen-bond acceptors (Lipinski definition) is 6. The number of hydrogen-bond donors (Lipinski definition) is 1. The molecule has 0 atom stereocenters. The molecule has 0 spiro atoms. The monoisotopic (exact) mass is 402 g/mol. The van der Waals surface area contributed by atoms with Gasteiger partial charge in [0.2, 0.25) is 0 Å². The number of thiophene rings is 1. The molecule has 1 N–H and O–H groups in total. The van der Waals surface area contributed by atoms with Crippen LogP contribution in [-0.4, -0.2) is 22.3 Å². The fraction of sp³-hybridized carbons (Fsp3) is 0.136. The largest absolute Gasteiger partial charge is 0.369 e. The molecule has 28 heavy (non-hydrogen) atoms. The number of rotatable bonds is 7. The van der Waals surface area contributed by atoms with Crippen molar-refractivity contribution in [2.75, 3.05) is 17.6 Å². The van der Waals surface area contributed by atoms with Crippen molar-refractivity contribution in [3.63, 3.8) is 0 Å². The predicted octanol–water partition coefficient (Wildman–Crippen LogP) is 5.58. The quantitative estimate of drug-likeness (QED) is 0.409. The average Bonchev–Trinajstić information content (AvgIpc) is 3.20. The number of nitrogens with one attached hydrogen (secondary N) is 1. The maximum Gasteiger partial charge on any atom is 0.138 e. The van der Waals surface area contributed by atoms with Gasteiger partial charge in [0.25, 0.3) is 0 Å². The molecule has 0 aliphatic carbocycles. The van der Waals surface area contributed by atoms with Crippen molar-refractivity contribution in [3.8, 4) is 16.5 Å². The van der Waals surface area contributed by atoms with Crippen LogP contribution in [-0.2, 0) is 5.75 Å². The van der Waals surface area contributed by atoms with Crippen molar-refractivity contribution in [2.45, 2.75) is 5.75 Å². The minimum absolute atomic E-state index is 0.757. The molecular weight excluding hydrogens is 384 g/mol. The molecule has 0 saturated carbocycles. The summed E-state index contributed by atoms with van der Waals surface area (Å²) in [5.41, 5.74) is 3.04. The van der Waals surface area contributed by atoms with Gasteiger partial charge in [-0.2, -0.15) is 17.0 Å². The average molecular weight is 403 g/mol. The van der Waals surface area contributed by atoms with Crippen LogP contribution in [0.4, 0.5) is 5.82 Å². The van der Waals surface area contributed by atoms with E-state index in [0.717, 1.165) is 45.2 Å². The van der Waals surface area contributed by atoms with Gasteiger partial charge in [-0.25, -0.2) is 9.97 Å². The summed E-state index contributed by atoms with van der Waals surface area (Å²) in [6.45, 7) is 0.808. The number of benzene rings is 2. The second kappa shape index (κ2) is 8.87. The molecule has 2 aromatic carbocycles. The molecule has 4 nitrogen and oxygen atoms in total. The number of fused-ring (bicyclic) bond motifs is 1. The molecule has 6 heteroatoms. The zero-order valence-electron chi connectivity index (χ0n) is 15.1. The van der Waals surface area contributed by atoms with E-state index in [2.05, 4.69) is 39.6 Å². The summed E-state index contributed by atoms with van der Waals surface area (Å²) in [4.78, 5) is 11.0. The third kappa shape index (κ3) is 4.16. The number of anilines is 1. The van der Waals surface area contributed by atoms with Gasteiger partial charge >= 0.3 is 0 Å².